The fourth-order valence-electron chi connectivity index (χ4n) is 1.75. The van der Waals surface area contributed by atoms with Crippen LogP contribution in [0.5, 0.6) is 0 Å². The minimum absolute atomic E-state index is 0.0545. The van der Waals surface area contributed by atoms with Crippen LogP contribution in [0.1, 0.15) is 17.5 Å². The molecule has 0 aliphatic rings. The normalized spacial score (nSPS) is 10.4. The third-order valence-electron chi connectivity index (χ3n) is 2.79. The van der Waals surface area contributed by atoms with E-state index in [0.29, 0.717) is 23.5 Å². The second-order valence-corrected chi connectivity index (χ2v) is 6.14. The van der Waals surface area contributed by atoms with Gasteiger partial charge in [-0.15, -0.1) is 11.3 Å². The van der Waals surface area contributed by atoms with Crippen molar-refractivity contribution in [3.8, 4) is 6.07 Å². The van der Waals surface area contributed by atoms with Crippen LogP contribution in [-0.4, -0.2) is 24.4 Å². The van der Waals surface area contributed by atoms with Gasteiger partial charge in [0, 0.05) is 19.5 Å². The Kier molecular flexibility index (Phi) is 5.30. The number of carbonyl (C=O) groups is 1. The Hall–Kier alpha value is -1.68. The first-order chi connectivity index (χ1) is 9.69. The number of hydrogen-bond acceptors (Lipinski definition) is 5. The highest BCUT2D eigenvalue weighted by atomic mass is 32.1. The molecule has 0 bridgehead atoms. The number of nitriles is 1. The lowest BCUT2D eigenvalue weighted by Crippen LogP contribution is -2.23. The first-order valence-electron chi connectivity index (χ1n) is 6.16. The zero-order chi connectivity index (χ0) is 14.4. The van der Waals surface area contributed by atoms with Crippen LogP contribution in [0, 0.1) is 11.3 Å². The van der Waals surface area contributed by atoms with Crippen molar-refractivity contribution in [2.24, 2.45) is 0 Å². The quantitative estimate of drug-likeness (QED) is 0.892. The second-order valence-electron chi connectivity index (χ2n) is 4.44. The van der Waals surface area contributed by atoms with Crippen LogP contribution in [0.2, 0.25) is 0 Å². The Labute approximate surface area is 126 Å². The Morgan fingerprint density at radius 3 is 3.00 bits per heavy atom. The van der Waals surface area contributed by atoms with Crippen molar-refractivity contribution in [1.29, 1.82) is 5.26 Å². The van der Waals surface area contributed by atoms with Gasteiger partial charge in [0.1, 0.15) is 11.1 Å². The van der Waals surface area contributed by atoms with Gasteiger partial charge < -0.3 is 10.2 Å². The predicted molar refractivity (Wildman–Crippen MR) is 82.9 cm³/mol. The molecule has 4 nitrogen and oxygen atoms in total. The van der Waals surface area contributed by atoms with Crippen molar-refractivity contribution in [2.45, 2.75) is 13.0 Å². The fraction of sp³-hybridized carbons (Fsp3) is 0.286. The Bertz CT molecular complexity index is 598. The molecule has 6 heteroatoms. The van der Waals surface area contributed by atoms with Crippen LogP contribution in [0.3, 0.4) is 0 Å². The van der Waals surface area contributed by atoms with Gasteiger partial charge in [0.2, 0.25) is 5.91 Å². The predicted octanol–water partition coefficient (Wildman–Crippen LogP) is 3.14. The lowest BCUT2D eigenvalue weighted by atomic mass is 10.3. The SMILES string of the molecule is CN(CCC(=O)Nc1sccc1C#N)Cc1ccsc1. The summed E-state index contributed by atoms with van der Waals surface area (Å²) in [5.74, 6) is -0.0545. The van der Waals surface area contributed by atoms with Gasteiger partial charge in [-0.2, -0.15) is 16.6 Å². The maximum Gasteiger partial charge on any atom is 0.226 e. The number of anilines is 1. The number of rotatable bonds is 6. The first kappa shape index (κ1) is 14.7. The highest BCUT2D eigenvalue weighted by Gasteiger charge is 2.09. The van der Waals surface area contributed by atoms with E-state index in [9.17, 15) is 4.79 Å². The van der Waals surface area contributed by atoms with Crippen LogP contribution in [0.25, 0.3) is 0 Å². The molecule has 1 amide bonds. The molecular weight excluding hydrogens is 290 g/mol. The molecular formula is C14H15N3OS2. The van der Waals surface area contributed by atoms with Crippen LogP contribution in [0.15, 0.2) is 28.3 Å². The van der Waals surface area contributed by atoms with E-state index in [1.807, 2.05) is 7.05 Å². The van der Waals surface area contributed by atoms with Crippen LogP contribution in [-0.2, 0) is 11.3 Å². The fourth-order valence-corrected chi connectivity index (χ4v) is 3.16. The summed E-state index contributed by atoms with van der Waals surface area (Å²) >= 11 is 3.05. The van der Waals surface area contributed by atoms with Crippen LogP contribution >= 0.6 is 22.7 Å². The van der Waals surface area contributed by atoms with Crippen molar-refractivity contribution >= 4 is 33.6 Å². The summed E-state index contributed by atoms with van der Waals surface area (Å²) in [6.07, 6.45) is 0.420. The monoisotopic (exact) mass is 305 g/mol. The number of amides is 1. The molecule has 0 saturated carbocycles. The average molecular weight is 305 g/mol. The largest absolute Gasteiger partial charge is 0.317 e. The van der Waals surface area contributed by atoms with E-state index in [-0.39, 0.29) is 5.91 Å². The van der Waals surface area contributed by atoms with Gasteiger partial charge in [-0.3, -0.25) is 4.79 Å². The third kappa shape index (κ3) is 4.17. The number of nitrogens with zero attached hydrogens (tertiary/aromatic N) is 2. The second kappa shape index (κ2) is 7.20. The van der Waals surface area contributed by atoms with Gasteiger partial charge in [-0.1, -0.05) is 0 Å². The number of carbonyl (C=O) groups excluding carboxylic acids is 1. The zero-order valence-corrected chi connectivity index (χ0v) is 12.8. The van der Waals surface area contributed by atoms with Gasteiger partial charge >= 0.3 is 0 Å². The summed E-state index contributed by atoms with van der Waals surface area (Å²) in [6, 6.07) is 5.86. The van der Waals surface area contributed by atoms with Crippen molar-refractivity contribution in [2.75, 3.05) is 18.9 Å². The van der Waals surface area contributed by atoms with E-state index >= 15 is 0 Å². The van der Waals surface area contributed by atoms with Gasteiger partial charge in [0.25, 0.3) is 0 Å². The van der Waals surface area contributed by atoms with Crippen molar-refractivity contribution in [3.05, 3.63) is 39.4 Å². The molecule has 1 N–H and O–H groups in total. The summed E-state index contributed by atoms with van der Waals surface area (Å²) < 4.78 is 0. The molecule has 2 aromatic heterocycles. The highest BCUT2D eigenvalue weighted by Crippen LogP contribution is 2.22. The third-order valence-corrected chi connectivity index (χ3v) is 4.35. The van der Waals surface area contributed by atoms with Gasteiger partial charge in [0.05, 0.1) is 5.56 Å². The van der Waals surface area contributed by atoms with Gasteiger partial charge in [0.15, 0.2) is 0 Å². The summed E-state index contributed by atoms with van der Waals surface area (Å²) in [6.45, 7) is 1.54. The van der Waals surface area contributed by atoms with E-state index in [4.69, 9.17) is 5.26 Å². The number of thiophene rings is 2. The lowest BCUT2D eigenvalue weighted by molar-refractivity contribution is -0.116. The average Bonchev–Trinajstić information content (AvgIpc) is 3.07. The van der Waals surface area contributed by atoms with Crippen molar-refractivity contribution < 1.29 is 4.79 Å². The van der Waals surface area contributed by atoms with E-state index in [1.165, 1.54) is 16.9 Å². The van der Waals surface area contributed by atoms with E-state index in [0.717, 1.165) is 6.54 Å². The molecule has 0 aromatic carbocycles. The smallest absolute Gasteiger partial charge is 0.226 e. The maximum atomic E-state index is 11.8. The Morgan fingerprint density at radius 1 is 1.45 bits per heavy atom. The van der Waals surface area contributed by atoms with Crippen LogP contribution < -0.4 is 5.32 Å². The lowest BCUT2D eigenvalue weighted by Gasteiger charge is -2.15. The maximum absolute atomic E-state index is 11.8. The summed E-state index contributed by atoms with van der Waals surface area (Å²) in [7, 11) is 2.00. The minimum Gasteiger partial charge on any atom is -0.317 e. The Morgan fingerprint density at radius 2 is 2.30 bits per heavy atom. The van der Waals surface area contributed by atoms with E-state index in [2.05, 4.69) is 33.1 Å². The molecule has 0 aliphatic carbocycles. The summed E-state index contributed by atoms with van der Waals surface area (Å²) in [5, 5.41) is 18.3. The molecule has 2 rings (SSSR count). The Balaban J connectivity index is 1.76. The minimum atomic E-state index is -0.0545. The van der Waals surface area contributed by atoms with E-state index in [1.54, 1.807) is 22.8 Å². The molecule has 104 valence electrons. The molecule has 0 fully saturated rings. The first-order valence-corrected chi connectivity index (χ1v) is 7.98. The summed E-state index contributed by atoms with van der Waals surface area (Å²) in [4.78, 5) is 14.0. The molecule has 2 aromatic rings. The molecule has 0 atom stereocenters. The van der Waals surface area contributed by atoms with E-state index < -0.39 is 0 Å². The zero-order valence-electron chi connectivity index (χ0n) is 11.1. The molecule has 20 heavy (non-hydrogen) atoms. The van der Waals surface area contributed by atoms with Crippen molar-refractivity contribution in [1.82, 2.24) is 4.90 Å². The number of hydrogen-bond donors (Lipinski definition) is 1. The van der Waals surface area contributed by atoms with Gasteiger partial charge in [-0.25, -0.2) is 0 Å². The molecule has 2 heterocycles. The highest BCUT2D eigenvalue weighted by molar-refractivity contribution is 7.14. The molecule has 0 aliphatic heterocycles. The van der Waals surface area contributed by atoms with Crippen molar-refractivity contribution in [3.63, 3.8) is 0 Å². The molecule has 0 saturated heterocycles. The van der Waals surface area contributed by atoms with Crippen LogP contribution in [0.4, 0.5) is 5.00 Å². The molecule has 0 unspecified atom stereocenters. The van der Waals surface area contributed by atoms with Gasteiger partial charge in [-0.05, 0) is 40.9 Å². The molecule has 0 radical (unpaired) electrons. The summed E-state index contributed by atoms with van der Waals surface area (Å²) in [5.41, 5.74) is 1.79. The standard InChI is InChI=1S/C14H15N3OS2/c1-17(9-11-3-6-19-10-11)5-2-13(18)16-14-12(8-15)4-7-20-14/h3-4,6-7,10H,2,5,9H2,1H3,(H,16,18). The molecule has 0 spiro atoms. The number of nitrogens with one attached hydrogen (secondary N) is 1. The topological polar surface area (TPSA) is 56.1 Å².